The fraction of sp³-hybridized carbons (Fsp3) is 0.0952. The Hall–Kier alpha value is -4.55. The van der Waals surface area contributed by atoms with Crippen LogP contribution in [0, 0.1) is 33.4 Å². The molecular weight excluding hydrogens is 460 g/mol. The van der Waals surface area contributed by atoms with Crippen LogP contribution >= 0.6 is 0 Å². The van der Waals surface area contributed by atoms with Crippen molar-refractivity contribution in [2.75, 3.05) is 5.32 Å². The Morgan fingerprint density at radius 3 is 2.29 bits per heavy atom. The van der Waals surface area contributed by atoms with Gasteiger partial charge in [0, 0.05) is 23.9 Å². The summed E-state index contributed by atoms with van der Waals surface area (Å²) in [5.74, 6) is -6.57. The molecule has 34 heavy (non-hydrogen) atoms. The van der Waals surface area contributed by atoms with E-state index in [4.69, 9.17) is 0 Å². The van der Waals surface area contributed by atoms with Crippen molar-refractivity contribution in [3.8, 4) is 0 Å². The molecule has 0 atom stereocenters. The van der Waals surface area contributed by atoms with Crippen LogP contribution in [0.4, 0.5) is 29.1 Å². The van der Waals surface area contributed by atoms with Crippen molar-refractivity contribution >= 4 is 17.4 Å². The maximum absolute atomic E-state index is 13.8. The summed E-state index contributed by atoms with van der Waals surface area (Å²) in [7, 11) is 0. The van der Waals surface area contributed by atoms with Gasteiger partial charge in [0.1, 0.15) is 12.4 Å². The van der Waals surface area contributed by atoms with Crippen molar-refractivity contribution in [2.24, 2.45) is 0 Å². The Morgan fingerprint density at radius 1 is 1.00 bits per heavy atom. The van der Waals surface area contributed by atoms with Crippen LogP contribution in [-0.2, 0) is 13.1 Å². The number of nitro groups is 1. The number of aromatic nitrogens is 4. The van der Waals surface area contributed by atoms with Gasteiger partial charge in [0.25, 0.3) is 5.91 Å². The number of nitrogens with one attached hydrogen (secondary N) is 1. The van der Waals surface area contributed by atoms with Gasteiger partial charge in [-0.1, -0.05) is 12.1 Å². The first-order valence-electron chi connectivity index (χ1n) is 9.63. The van der Waals surface area contributed by atoms with Gasteiger partial charge in [-0.25, -0.2) is 17.6 Å². The van der Waals surface area contributed by atoms with Gasteiger partial charge in [-0.15, -0.1) is 0 Å². The Balaban J connectivity index is 1.40. The molecule has 174 valence electrons. The van der Waals surface area contributed by atoms with E-state index in [-0.39, 0.29) is 29.7 Å². The molecule has 0 aliphatic rings. The Labute approximate surface area is 188 Å². The van der Waals surface area contributed by atoms with Gasteiger partial charge in [0.15, 0.2) is 29.1 Å². The number of carbonyl (C=O) groups is 1. The fourth-order valence-corrected chi connectivity index (χ4v) is 3.11. The van der Waals surface area contributed by atoms with Crippen LogP contribution in [0.2, 0.25) is 0 Å². The van der Waals surface area contributed by atoms with Crippen molar-refractivity contribution in [2.45, 2.75) is 13.1 Å². The topological polar surface area (TPSA) is 108 Å². The number of halogens is 4. The lowest BCUT2D eigenvalue weighted by Gasteiger charge is -2.07. The summed E-state index contributed by atoms with van der Waals surface area (Å²) < 4.78 is 56.8. The third kappa shape index (κ3) is 4.77. The minimum absolute atomic E-state index is 0.0515. The second kappa shape index (κ2) is 9.13. The first-order valence-corrected chi connectivity index (χ1v) is 9.63. The average molecular weight is 474 g/mol. The summed E-state index contributed by atoms with van der Waals surface area (Å²) in [6.45, 7) is -0.337. The number of hydrogen-bond acceptors (Lipinski definition) is 5. The first kappa shape index (κ1) is 22.6. The fourth-order valence-electron chi connectivity index (χ4n) is 3.11. The van der Waals surface area contributed by atoms with E-state index in [1.165, 1.54) is 35.3 Å². The molecule has 1 amide bonds. The minimum Gasteiger partial charge on any atom is -0.305 e. The molecule has 4 rings (SSSR count). The third-order valence-corrected chi connectivity index (χ3v) is 4.80. The van der Waals surface area contributed by atoms with Gasteiger partial charge >= 0.3 is 5.69 Å². The number of nitrogens with zero attached hydrogens (tertiary/aromatic N) is 5. The van der Waals surface area contributed by atoms with E-state index in [9.17, 15) is 32.5 Å². The van der Waals surface area contributed by atoms with Crippen LogP contribution in [0.3, 0.4) is 0 Å². The maximum atomic E-state index is 13.8. The highest BCUT2D eigenvalue weighted by Crippen LogP contribution is 2.20. The monoisotopic (exact) mass is 474 g/mol. The lowest BCUT2D eigenvalue weighted by atomic mass is 10.1. The highest BCUT2D eigenvalue weighted by molar-refractivity contribution is 6.03. The SMILES string of the molecule is O=C(Nc1ccn(Cc2c(F)c(F)cc(F)c2F)n1)c1ccc(Cn2cc([N+](=O)[O-])cn2)cc1. The molecule has 1 N–H and O–H groups in total. The standard InChI is InChI=1S/C21H14F4N6O3/c22-16-7-17(23)20(25)15(19(16)24)11-29-6-5-18(28-29)27-21(32)13-3-1-12(2-4-13)9-30-10-14(8-26-30)31(33)34/h1-8,10H,9,11H2,(H,27,28,32). The molecule has 2 aromatic carbocycles. The molecule has 2 heterocycles. The molecule has 4 aromatic rings. The normalized spacial score (nSPS) is 10.9. The quantitative estimate of drug-likeness (QED) is 0.189. The van der Waals surface area contributed by atoms with Crippen LogP contribution in [-0.4, -0.2) is 30.4 Å². The lowest BCUT2D eigenvalue weighted by Crippen LogP contribution is -2.13. The molecule has 0 aliphatic carbocycles. The van der Waals surface area contributed by atoms with Gasteiger partial charge in [-0.2, -0.15) is 10.2 Å². The summed E-state index contributed by atoms with van der Waals surface area (Å²) >= 11 is 0. The van der Waals surface area contributed by atoms with Crippen LogP contribution in [0.15, 0.2) is 55.0 Å². The van der Waals surface area contributed by atoms with Gasteiger partial charge in [-0.3, -0.25) is 24.3 Å². The summed E-state index contributed by atoms with van der Waals surface area (Å²) in [6, 6.07) is 7.81. The molecular formula is C21H14F4N6O3. The number of benzene rings is 2. The highest BCUT2D eigenvalue weighted by Gasteiger charge is 2.20. The second-order valence-electron chi connectivity index (χ2n) is 7.15. The first-order chi connectivity index (χ1) is 16.2. The van der Waals surface area contributed by atoms with Crippen molar-refractivity contribution in [3.05, 3.63) is 105 Å². The maximum Gasteiger partial charge on any atom is 0.307 e. The third-order valence-electron chi connectivity index (χ3n) is 4.80. The van der Waals surface area contributed by atoms with Gasteiger partial charge in [0.2, 0.25) is 0 Å². The molecule has 0 fully saturated rings. The molecule has 0 bridgehead atoms. The number of rotatable bonds is 7. The van der Waals surface area contributed by atoms with Crippen molar-refractivity contribution < 1.29 is 27.3 Å². The van der Waals surface area contributed by atoms with Crippen LogP contribution < -0.4 is 5.32 Å². The van der Waals surface area contributed by atoms with Crippen molar-refractivity contribution in [1.82, 2.24) is 19.6 Å². The average Bonchev–Trinajstić information content (AvgIpc) is 3.45. The summed E-state index contributed by atoms with van der Waals surface area (Å²) in [6.07, 6.45) is 3.70. The molecule has 9 nitrogen and oxygen atoms in total. The highest BCUT2D eigenvalue weighted by atomic mass is 19.2. The van der Waals surface area contributed by atoms with E-state index in [2.05, 4.69) is 15.5 Å². The Kier molecular flexibility index (Phi) is 6.08. The molecule has 0 radical (unpaired) electrons. The van der Waals surface area contributed by atoms with Crippen molar-refractivity contribution in [1.29, 1.82) is 0 Å². The van der Waals surface area contributed by atoms with E-state index in [0.29, 0.717) is 0 Å². The van der Waals surface area contributed by atoms with E-state index < -0.39 is 46.2 Å². The molecule has 0 saturated heterocycles. The summed E-state index contributed by atoms with van der Waals surface area (Å²) in [4.78, 5) is 22.6. The minimum atomic E-state index is -1.52. The summed E-state index contributed by atoms with van der Waals surface area (Å²) in [5.41, 5.74) is 0.0410. The number of hydrogen-bond donors (Lipinski definition) is 1. The second-order valence-corrected chi connectivity index (χ2v) is 7.15. The smallest absolute Gasteiger partial charge is 0.305 e. The van der Waals surface area contributed by atoms with Gasteiger partial charge < -0.3 is 5.32 Å². The molecule has 0 spiro atoms. The predicted molar refractivity (Wildman–Crippen MR) is 110 cm³/mol. The number of carbonyl (C=O) groups excluding carboxylic acids is 1. The number of amides is 1. The van der Waals surface area contributed by atoms with Crippen LogP contribution in [0.25, 0.3) is 0 Å². The molecule has 2 aromatic heterocycles. The summed E-state index contributed by atoms with van der Waals surface area (Å²) in [5, 5.41) is 21.1. The van der Waals surface area contributed by atoms with E-state index >= 15 is 0 Å². The molecule has 0 unspecified atom stereocenters. The zero-order valence-electron chi connectivity index (χ0n) is 17.1. The van der Waals surface area contributed by atoms with E-state index in [0.717, 1.165) is 16.4 Å². The van der Waals surface area contributed by atoms with Crippen molar-refractivity contribution in [3.63, 3.8) is 0 Å². The Morgan fingerprint density at radius 2 is 1.68 bits per heavy atom. The van der Waals surface area contributed by atoms with Gasteiger partial charge in [-0.05, 0) is 17.7 Å². The van der Waals surface area contributed by atoms with Crippen LogP contribution in [0.5, 0.6) is 0 Å². The Bertz CT molecular complexity index is 1360. The van der Waals surface area contributed by atoms with Gasteiger partial charge in [0.05, 0.1) is 23.6 Å². The van der Waals surface area contributed by atoms with Crippen LogP contribution in [0.1, 0.15) is 21.5 Å². The number of anilines is 1. The molecule has 0 aliphatic heterocycles. The van der Waals surface area contributed by atoms with E-state index in [1.807, 2.05) is 0 Å². The zero-order chi connectivity index (χ0) is 24.4. The van der Waals surface area contributed by atoms with E-state index in [1.54, 1.807) is 12.1 Å². The predicted octanol–water partition coefficient (Wildman–Crippen LogP) is 3.89. The molecule has 0 saturated carbocycles. The largest absolute Gasteiger partial charge is 0.307 e. The lowest BCUT2D eigenvalue weighted by molar-refractivity contribution is -0.385. The zero-order valence-corrected chi connectivity index (χ0v) is 17.1. The molecule has 13 heteroatoms.